The molecular weight excluding hydrogens is 394 g/mol. The van der Waals surface area contributed by atoms with Gasteiger partial charge < -0.3 is 0 Å². The van der Waals surface area contributed by atoms with E-state index in [0.717, 1.165) is 30.6 Å². The lowest BCUT2D eigenvalue weighted by Crippen LogP contribution is -2.41. The number of sulfonamides is 1. The molecule has 0 aliphatic heterocycles. The van der Waals surface area contributed by atoms with Crippen LogP contribution in [-0.4, -0.2) is 25.3 Å². The first-order valence-corrected chi connectivity index (χ1v) is 10.8. The summed E-state index contributed by atoms with van der Waals surface area (Å²) in [5.41, 5.74) is 0. The summed E-state index contributed by atoms with van der Waals surface area (Å²) in [6.45, 7) is 4.69. The molecule has 21 heavy (non-hydrogen) atoms. The van der Waals surface area contributed by atoms with Gasteiger partial charge >= 0.3 is 0 Å². The average molecular weight is 415 g/mol. The lowest BCUT2D eigenvalue weighted by Gasteiger charge is -2.29. The van der Waals surface area contributed by atoms with Crippen LogP contribution in [0.1, 0.15) is 44.4 Å². The number of hydrogen-bond acceptors (Lipinski definition) is 3. The van der Waals surface area contributed by atoms with Crippen molar-refractivity contribution >= 4 is 48.9 Å². The van der Waals surface area contributed by atoms with E-state index in [4.69, 9.17) is 11.6 Å². The molecule has 0 saturated heterocycles. The number of hydrogen-bond donors (Lipinski definition) is 0. The van der Waals surface area contributed by atoms with Crippen LogP contribution in [0.4, 0.5) is 0 Å². The van der Waals surface area contributed by atoms with Crippen LogP contribution in [0.15, 0.2) is 14.7 Å². The molecule has 3 nitrogen and oxygen atoms in total. The molecular formula is C14H21BrClNO2S2. The van der Waals surface area contributed by atoms with E-state index in [1.54, 1.807) is 10.4 Å². The number of thiophene rings is 1. The van der Waals surface area contributed by atoms with Crippen LogP contribution >= 0.6 is 38.9 Å². The lowest BCUT2D eigenvalue weighted by molar-refractivity contribution is 0.292. The van der Waals surface area contributed by atoms with Gasteiger partial charge in [-0.2, -0.15) is 4.31 Å². The minimum atomic E-state index is -3.46. The zero-order valence-electron chi connectivity index (χ0n) is 12.3. The number of rotatable bonds is 6. The third-order valence-electron chi connectivity index (χ3n) is 3.70. The maximum Gasteiger partial charge on any atom is 0.245 e. The normalized spacial score (nSPS) is 17.2. The van der Waals surface area contributed by atoms with E-state index in [-0.39, 0.29) is 6.04 Å². The number of halogens is 2. The molecule has 0 aromatic carbocycles. The predicted octanol–water partition coefficient (Wildman–Crippen LogP) is 4.84. The summed E-state index contributed by atoms with van der Waals surface area (Å²) < 4.78 is 28.5. The summed E-state index contributed by atoms with van der Waals surface area (Å²) in [6, 6.07) is 1.85. The van der Waals surface area contributed by atoms with Crippen molar-refractivity contribution in [3.63, 3.8) is 0 Å². The van der Waals surface area contributed by atoms with Gasteiger partial charge in [0.2, 0.25) is 10.0 Å². The van der Waals surface area contributed by atoms with E-state index in [1.807, 2.05) is 0 Å². The predicted molar refractivity (Wildman–Crippen MR) is 92.6 cm³/mol. The van der Waals surface area contributed by atoms with Crippen molar-refractivity contribution in [1.29, 1.82) is 0 Å². The Labute approximate surface area is 144 Å². The van der Waals surface area contributed by atoms with E-state index in [2.05, 4.69) is 29.8 Å². The molecule has 7 heteroatoms. The van der Waals surface area contributed by atoms with Crippen LogP contribution in [0.2, 0.25) is 0 Å². The van der Waals surface area contributed by atoms with Crippen LogP contribution in [-0.2, 0) is 15.9 Å². The second-order valence-electron chi connectivity index (χ2n) is 5.89. The summed E-state index contributed by atoms with van der Waals surface area (Å²) in [5, 5.41) is 0. The van der Waals surface area contributed by atoms with Crippen molar-refractivity contribution in [2.24, 2.45) is 5.92 Å². The smallest absolute Gasteiger partial charge is 0.207 e. The van der Waals surface area contributed by atoms with Crippen molar-refractivity contribution in [2.45, 2.75) is 56.3 Å². The van der Waals surface area contributed by atoms with Crippen molar-refractivity contribution in [3.8, 4) is 0 Å². The summed E-state index contributed by atoms with van der Waals surface area (Å²) in [5.74, 6) is 0.650. The Hall–Kier alpha value is 0.380. The Morgan fingerprint density at radius 1 is 1.43 bits per heavy atom. The summed E-state index contributed by atoms with van der Waals surface area (Å²) >= 11 is 10.6. The molecule has 1 fully saturated rings. The number of alkyl halides is 1. The summed E-state index contributed by atoms with van der Waals surface area (Å²) in [6.07, 6.45) is 4.17. The van der Waals surface area contributed by atoms with Crippen LogP contribution in [0.3, 0.4) is 0 Å². The van der Waals surface area contributed by atoms with E-state index in [9.17, 15) is 8.42 Å². The van der Waals surface area contributed by atoms with Gasteiger partial charge in [-0.25, -0.2) is 8.42 Å². The molecule has 0 atom stereocenters. The van der Waals surface area contributed by atoms with Crippen LogP contribution in [0, 0.1) is 5.92 Å². The van der Waals surface area contributed by atoms with Crippen LogP contribution < -0.4 is 0 Å². The molecule has 1 aromatic heterocycles. The monoisotopic (exact) mass is 413 g/mol. The van der Waals surface area contributed by atoms with E-state index in [0.29, 0.717) is 27.0 Å². The van der Waals surface area contributed by atoms with Gasteiger partial charge in [0, 0.05) is 17.5 Å². The highest BCUT2D eigenvalue weighted by atomic mass is 79.9. The molecule has 0 amide bonds. The Bertz CT molecular complexity index is 580. The molecule has 0 radical (unpaired) electrons. The van der Waals surface area contributed by atoms with Crippen molar-refractivity contribution < 1.29 is 8.42 Å². The van der Waals surface area contributed by atoms with E-state index >= 15 is 0 Å². The van der Waals surface area contributed by atoms with Crippen molar-refractivity contribution in [3.05, 3.63) is 14.7 Å². The Balaban J connectivity index is 2.38. The van der Waals surface area contributed by atoms with Gasteiger partial charge in [0.25, 0.3) is 0 Å². The van der Waals surface area contributed by atoms with Crippen LogP contribution in [0.25, 0.3) is 0 Å². The molecule has 0 unspecified atom stereocenters. The van der Waals surface area contributed by atoms with Gasteiger partial charge in [0.05, 0.1) is 9.67 Å². The zero-order valence-corrected chi connectivity index (χ0v) is 16.3. The van der Waals surface area contributed by atoms with E-state index < -0.39 is 10.0 Å². The molecule has 120 valence electrons. The molecule has 0 spiro atoms. The first kappa shape index (κ1) is 17.7. The molecule has 0 bridgehead atoms. The number of nitrogens with zero attached hydrogens (tertiary/aromatic N) is 1. The highest BCUT2D eigenvalue weighted by Gasteiger charge is 2.35. The lowest BCUT2D eigenvalue weighted by atomic mass is 10.2. The fraction of sp³-hybridized carbons (Fsp3) is 0.714. The molecule has 1 aliphatic rings. The highest BCUT2D eigenvalue weighted by Crippen LogP contribution is 2.37. The third kappa shape index (κ3) is 4.02. The van der Waals surface area contributed by atoms with Gasteiger partial charge in [-0.1, -0.05) is 26.7 Å². The first-order chi connectivity index (χ1) is 9.86. The van der Waals surface area contributed by atoms with Crippen LogP contribution in [0.5, 0.6) is 0 Å². The van der Waals surface area contributed by atoms with Gasteiger partial charge in [-0.3, -0.25) is 0 Å². The summed E-state index contributed by atoms with van der Waals surface area (Å²) in [4.78, 5) is 1.24. The average Bonchev–Trinajstić information content (AvgIpc) is 3.04. The quantitative estimate of drug-likeness (QED) is 0.625. The third-order valence-corrected chi connectivity index (χ3v) is 8.32. The summed E-state index contributed by atoms with van der Waals surface area (Å²) in [7, 11) is -3.46. The molecule has 2 rings (SSSR count). The minimum absolute atomic E-state index is 0.142. The van der Waals surface area contributed by atoms with Gasteiger partial charge in [-0.05, 0) is 40.8 Å². The fourth-order valence-corrected chi connectivity index (χ4v) is 7.34. The second kappa shape index (κ2) is 7.30. The Morgan fingerprint density at radius 3 is 2.52 bits per heavy atom. The standard InChI is InChI=1S/C14H21BrClNO2S2/c1-10(2)9-17(11-5-3-4-6-11)21(18,19)13-7-12(8-16)20-14(13)15/h7,10-11H,3-6,8-9H2,1-2H3. The van der Waals surface area contributed by atoms with Gasteiger partial charge in [0.15, 0.2) is 0 Å². The molecule has 1 heterocycles. The zero-order chi connectivity index (χ0) is 15.6. The Morgan fingerprint density at radius 2 is 2.05 bits per heavy atom. The largest absolute Gasteiger partial charge is 0.245 e. The van der Waals surface area contributed by atoms with Gasteiger partial charge in [-0.15, -0.1) is 22.9 Å². The first-order valence-electron chi connectivity index (χ1n) is 7.22. The molecule has 1 aliphatic carbocycles. The fourth-order valence-electron chi connectivity index (χ4n) is 2.76. The van der Waals surface area contributed by atoms with Gasteiger partial charge in [0.1, 0.15) is 4.90 Å². The SMILES string of the molecule is CC(C)CN(C1CCCC1)S(=O)(=O)c1cc(CCl)sc1Br. The van der Waals surface area contributed by atoms with Crippen molar-refractivity contribution in [2.75, 3.05) is 6.54 Å². The molecule has 1 aromatic rings. The second-order valence-corrected chi connectivity index (χ2v) is 10.5. The molecule has 0 N–H and O–H groups in total. The molecule has 1 saturated carbocycles. The van der Waals surface area contributed by atoms with E-state index in [1.165, 1.54) is 11.3 Å². The maximum absolute atomic E-state index is 13.1. The topological polar surface area (TPSA) is 37.4 Å². The highest BCUT2D eigenvalue weighted by molar-refractivity contribution is 9.11. The van der Waals surface area contributed by atoms with Crippen molar-refractivity contribution in [1.82, 2.24) is 4.31 Å². The maximum atomic E-state index is 13.1. The Kier molecular flexibility index (Phi) is 6.16. The minimum Gasteiger partial charge on any atom is -0.207 e.